The van der Waals surface area contributed by atoms with E-state index in [1.807, 2.05) is 11.6 Å². The molecule has 28 heavy (non-hydrogen) atoms. The number of phenols is 1. The van der Waals surface area contributed by atoms with Crippen molar-refractivity contribution in [3.63, 3.8) is 0 Å². The van der Waals surface area contributed by atoms with Crippen LogP contribution >= 0.6 is 0 Å². The van der Waals surface area contributed by atoms with Crippen LogP contribution in [0.15, 0.2) is 53.4 Å². The van der Waals surface area contributed by atoms with Crippen molar-refractivity contribution in [3.05, 3.63) is 54.1 Å². The monoisotopic (exact) mass is 424 g/mol. The Morgan fingerprint density at radius 3 is 2.39 bits per heavy atom. The molecule has 1 heterocycles. The second-order valence-corrected chi connectivity index (χ2v) is 10.1. The van der Waals surface area contributed by atoms with E-state index in [4.69, 9.17) is 0 Å². The average molecular weight is 425 g/mol. The van der Waals surface area contributed by atoms with Crippen LogP contribution in [-0.4, -0.2) is 34.4 Å². The number of nitrogens with one attached hydrogen (secondary N) is 1. The van der Waals surface area contributed by atoms with Crippen LogP contribution in [0.5, 0.6) is 5.75 Å². The Balaban J connectivity index is 2.02. The van der Waals surface area contributed by atoms with Crippen LogP contribution in [0.3, 0.4) is 0 Å². The first-order valence-corrected chi connectivity index (χ1v) is 11.6. The molecule has 150 valence electrons. The van der Waals surface area contributed by atoms with Crippen molar-refractivity contribution >= 4 is 31.6 Å². The summed E-state index contributed by atoms with van der Waals surface area (Å²) in [5.41, 5.74) is 0.261. The minimum absolute atomic E-state index is 0.0885. The lowest BCUT2D eigenvalue weighted by Crippen LogP contribution is -2.29. The Morgan fingerprint density at radius 1 is 1.18 bits per heavy atom. The summed E-state index contributed by atoms with van der Waals surface area (Å²) in [7, 11) is -7.78. The van der Waals surface area contributed by atoms with Crippen molar-refractivity contribution in [1.29, 1.82) is 0 Å². The molecule has 0 spiro atoms. The molecule has 0 aromatic heterocycles. The fourth-order valence-corrected chi connectivity index (χ4v) is 6.23. The standard InChI is InChI=1S/C18H20N2O6S2/c1-2-6-17(27(23,24)14-7-4-3-5-8-14)13-9-10-15(16(21)11-13)20-12-18(22)19-28(20,25)26/h3-5,7-11,17,21H,2,6,12H2,1H3,(H,19,22). The zero-order valence-electron chi connectivity index (χ0n) is 15.1. The molecule has 1 aliphatic rings. The first kappa shape index (κ1) is 20.2. The third kappa shape index (κ3) is 3.69. The number of aromatic hydroxyl groups is 1. The van der Waals surface area contributed by atoms with Crippen LogP contribution in [0, 0.1) is 0 Å². The lowest BCUT2D eigenvalue weighted by atomic mass is 10.1. The van der Waals surface area contributed by atoms with Crippen molar-refractivity contribution < 1.29 is 26.7 Å². The molecular weight excluding hydrogens is 404 g/mol. The number of sulfone groups is 1. The topological polar surface area (TPSA) is 121 Å². The van der Waals surface area contributed by atoms with Gasteiger partial charge in [-0.25, -0.2) is 17.4 Å². The van der Waals surface area contributed by atoms with Crippen LogP contribution in [0.25, 0.3) is 0 Å². The Labute approximate surface area is 163 Å². The molecule has 3 rings (SSSR count). The number of carbonyl (C=O) groups excluding carboxylic acids is 1. The van der Waals surface area contributed by atoms with E-state index in [1.54, 1.807) is 18.2 Å². The normalized spacial score (nSPS) is 17.3. The first-order chi connectivity index (χ1) is 13.2. The maximum absolute atomic E-state index is 13.1. The number of hydrogen-bond acceptors (Lipinski definition) is 6. The number of rotatable bonds is 6. The third-order valence-corrected chi connectivity index (χ3v) is 8.04. The Bertz CT molecular complexity index is 1100. The van der Waals surface area contributed by atoms with Crippen LogP contribution in [0.4, 0.5) is 5.69 Å². The van der Waals surface area contributed by atoms with Gasteiger partial charge in [0.1, 0.15) is 12.3 Å². The maximum atomic E-state index is 13.1. The molecule has 0 aliphatic carbocycles. The minimum Gasteiger partial charge on any atom is -0.506 e. The van der Waals surface area contributed by atoms with Crippen molar-refractivity contribution in [2.75, 3.05) is 10.8 Å². The fourth-order valence-electron chi connectivity index (χ4n) is 3.15. The van der Waals surface area contributed by atoms with Gasteiger partial charge in [-0.15, -0.1) is 0 Å². The van der Waals surface area contributed by atoms with Gasteiger partial charge in [-0.3, -0.25) is 4.79 Å². The Morgan fingerprint density at radius 2 is 1.86 bits per heavy atom. The minimum atomic E-state index is -4.07. The van der Waals surface area contributed by atoms with E-state index in [0.29, 0.717) is 18.4 Å². The molecule has 2 aromatic rings. The highest BCUT2D eigenvalue weighted by Crippen LogP contribution is 2.38. The van der Waals surface area contributed by atoms with Crippen molar-refractivity contribution in [2.45, 2.75) is 29.9 Å². The number of phenolic OH excluding ortho intramolecular Hbond substituents is 1. The van der Waals surface area contributed by atoms with Crippen LogP contribution in [0.1, 0.15) is 30.6 Å². The summed E-state index contributed by atoms with van der Waals surface area (Å²) in [5.74, 6) is -1.12. The van der Waals surface area contributed by atoms with Gasteiger partial charge in [-0.2, -0.15) is 8.42 Å². The van der Waals surface area contributed by atoms with Crippen molar-refractivity contribution in [3.8, 4) is 5.75 Å². The zero-order chi connectivity index (χ0) is 20.5. The molecule has 10 heteroatoms. The summed E-state index contributed by atoms with van der Waals surface area (Å²) >= 11 is 0. The molecule has 0 bridgehead atoms. The number of amides is 1. The van der Waals surface area contributed by atoms with Gasteiger partial charge in [-0.05, 0) is 36.2 Å². The lowest BCUT2D eigenvalue weighted by molar-refractivity contribution is -0.117. The summed E-state index contributed by atoms with van der Waals surface area (Å²) in [6.45, 7) is 1.41. The summed E-state index contributed by atoms with van der Waals surface area (Å²) < 4.78 is 52.7. The number of carbonyl (C=O) groups is 1. The van der Waals surface area contributed by atoms with Gasteiger partial charge in [0.15, 0.2) is 9.84 Å². The zero-order valence-corrected chi connectivity index (χ0v) is 16.7. The largest absolute Gasteiger partial charge is 0.506 e. The summed E-state index contributed by atoms with van der Waals surface area (Å²) in [5, 5.41) is 9.49. The maximum Gasteiger partial charge on any atom is 0.326 e. The first-order valence-electron chi connectivity index (χ1n) is 8.62. The molecule has 8 nitrogen and oxygen atoms in total. The summed E-state index contributed by atoms with van der Waals surface area (Å²) in [4.78, 5) is 11.6. The van der Waals surface area contributed by atoms with Gasteiger partial charge in [0.25, 0.3) is 5.91 Å². The molecule has 0 saturated carbocycles. The lowest BCUT2D eigenvalue weighted by Gasteiger charge is -2.21. The molecule has 1 saturated heterocycles. The fraction of sp³-hybridized carbons (Fsp3) is 0.278. The molecule has 1 atom stereocenters. The van der Waals surface area contributed by atoms with Gasteiger partial charge in [0, 0.05) is 0 Å². The van der Waals surface area contributed by atoms with Crippen LogP contribution < -0.4 is 9.03 Å². The van der Waals surface area contributed by atoms with Gasteiger partial charge in [-0.1, -0.05) is 37.6 Å². The summed E-state index contributed by atoms with van der Waals surface area (Å²) in [6, 6.07) is 12.0. The van der Waals surface area contributed by atoms with Crippen molar-refractivity contribution in [2.24, 2.45) is 0 Å². The summed E-state index contributed by atoms with van der Waals surface area (Å²) in [6.07, 6.45) is 0.927. The van der Waals surface area contributed by atoms with Crippen molar-refractivity contribution in [1.82, 2.24) is 4.72 Å². The highest BCUT2D eigenvalue weighted by atomic mass is 32.2. The van der Waals surface area contributed by atoms with Gasteiger partial charge < -0.3 is 5.11 Å². The van der Waals surface area contributed by atoms with Crippen LogP contribution in [-0.2, 0) is 24.8 Å². The third-order valence-electron chi connectivity index (χ3n) is 4.46. The molecule has 1 unspecified atom stereocenters. The predicted molar refractivity (Wildman–Crippen MR) is 104 cm³/mol. The molecule has 1 aliphatic heterocycles. The van der Waals surface area contributed by atoms with E-state index in [9.17, 15) is 26.7 Å². The highest BCUT2D eigenvalue weighted by Gasteiger charge is 2.36. The predicted octanol–water partition coefficient (Wildman–Crippen LogP) is 1.89. The SMILES string of the molecule is CCCC(c1ccc(N2CC(=O)NS2(=O)=O)c(O)c1)S(=O)(=O)c1ccccc1. The number of anilines is 1. The van der Waals surface area contributed by atoms with Gasteiger partial charge in [0.05, 0.1) is 15.8 Å². The Kier molecular flexibility index (Phi) is 5.35. The van der Waals surface area contributed by atoms with E-state index in [1.165, 1.54) is 30.3 Å². The van der Waals surface area contributed by atoms with Gasteiger partial charge >= 0.3 is 10.2 Å². The second-order valence-electron chi connectivity index (χ2n) is 6.42. The molecule has 0 radical (unpaired) electrons. The highest BCUT2D eigenvalue weighted by molar-refractivity contribution is 7.92. The van der Waals surface area contributed by atoms with E-state index < -0.39 is 43.5 Å². The van der Waals surface area contributed by atoms with Gasteiger partial charge in [0.2, 0.25) is 0 Å². The molecule has 1 fully saturated rings. The molecule has 2 N–H and O–H groups in total. The van der Waals surface area contributed by atoms with E-state index in [0.717, 1.165) is 4.31 Å². The van der Waals surface area contributed by atoms with E-state index >= 15 is 0 Å². The molecule has 2 aromatic carbocycles. The average Bonchev–Trinajstić information content (AvgIpc) is 2.92. The molecular formula is C18H20N2O6S2. The quantitative estimate of drug-likeness (QED) is 0.730. The smallest absolute Gasteiger partial charge is 0.326 e. The van der Waals surface area contributed by atoms with Crippen LogP contribution in [0.2, 0.25) is 0 Å². The molecule has 1 amide bonds. The number of benzene rings is 2. The Hall–Kier alpha value is -2.59. The van der Waals surface area contributed by atoms with E-state index in [-0.39, 0.29) is 10.6 Å². The van der Waals surface area contributed by atoms with E-state index in [2.05, 4.69) is 0 Å². The second kappa shape index (κ2) is 7.44. The number of nitrogens with zero attached hydrogens (tertiary/aromatic N) is 1. The number of hydrogen-bond donors (Lipinski definition) is 2.